The maximum Gasteiger partial charge on any atom is 0.212 e. The topological polar surface area (TPSA) is 64.6 Å². The standard InChI is InChI=1S/C14H21NO4S/c1-3-4-9-20(16,17)15-11(2)12-5-6-13-14(10-12)19-8-7-18-13/h5-6,10-11,15H,3-4,7-9H2,1-2H3/t11-/m1/s1. The van der Waals surface area contributed by atoms with E-state index >= 15 is 0 Å². The van der Waals surface area contributed by atoms with E-state index in [9.17, 15) is 8.42 Å². The molecule has 1 aromatic rings. The minimum Gasteiger partial charge on any atom is -0.486 e. The maximum absolute atomic E-state index is 11.9. The van der Waals surface area contributed by atoms with Gasteiger partial charge in [-0.15, -0.1) is 0 Å². The second-order valence-electron chi connectivity index (χ2n) is 4.92. The average molecular weight is 299 g/mol. The summed E-state index contributed by atoms with van der Waals surface area (Å²) < 4.78 is 37.4. The van der Waals surface area contributed by atoms with Crippen LogP contribution in [0.5, 0.6) is 11.5 Å². The molecule has 2 rings (SSSR count). The Balaban J connectivity index is 2.07. The molecule has 5 nitrogen and oxygen atoms in total. The van der Waals surface area contributed by atoms with Gasteiger partial charge in [0.05, 0.1) is 5.75 Å². The van der Waals surface area contributed by atoms with E-state index in [-0.39, 0.29) is 11.8 Å². The van der Waals surface area contributed by atoms with Gasteiger partial charge >= 0.3 is 0 Å². The van der Waals surface area contributed by atoms with Gasteiger partial charge < -0.3 is 9.47 Å². The van der Waals surface area contributed by atoms with Gasteiger partial charge in [0.1, 0.15) is 13.2 Å². The summed E-state index contributed by atoms with van der Waals surface area (Å²) in [6.07, 6.45) is 1.53. The molecule has 1 N–H and O–H groups in total. The number of benzene rings is 1. The highest BCUT2D eigenvalue weighted by atomic mass is 32.2. The molecular formula is C14H21NO4S. The number of fused-ring (bicyclic) bond motifs is 1. The molecule has 1 atom stereocenters. The molecule has 1 heterocycles. The smallest absolute Gasteiger partial charge is 0.212 e. The van der Waals surface area contributed by atoms with Gasteiger partial charge in [0, 0.05) is 6.04 Å². The summed E-state index contributed by atoms with van der Waals surface area (Å²) in [5.74, 6) is 1.55. The van der Waals surface area contributed by atoms with Crippen molar-refractivity contribution in [3.8, 4) is 11.5 Å². The van der Waals surface area contributed by atoms with Crippen molar-refractivity contribution in [2.24, 2.45) is 0 Å². The molecule has 0 aromatic heterocycles. The SMILES string of the molecule is CCCCS(=O)(=O)N[C@H](C)c1ccc2c(c1)OCCO2. The van der Waals surface area contributed by atoms with Crippen LogP contribution in [0.25, 0.3) is 0 Å². The van der Waals surface area contributed by atoms with E-state index in [0.717, 1.165) is 12.0 Å². The van der Waals surface area contributed by atoms with Crippen molar-refractivity contribution in [1.29, 1.82) is 0 Å². The number of unbranched alkanes of at least 4 members (excludes halogenated alkanes) is 1. The Morgan fingerprint density at radius 2 is 1.95 bits per heavy atom. The number of ether oxygens (including phenoxy) is 2. The van der Waals surface area contributed by atoms with Gasteiger partial charge in [-0.05, 0) is 31.0 Å². The lowest BCUT2D eigenvalue weighted by Crippen LogP contribution is -2.29. The zero-order valence-corrected chi connectivity index (χ0v) is 12.7. The van der Waals surface area contributed by atoms with E-state index in [1.807, 2.05) is 32.0 Å². The summed E-state index contributed by atoms with van der Waals surface area (Å²) in [6.45, 7) is 4.87. The van der Waals surface area contributed by atoms with Crippen molar-refractivity contribution in [2.75, 3.05) is 19.0 Å². The second kappa shape index (κ2) is 6.45. The van der Waals surface area contributed by atoms with E-state index in [4.69, 9.17) is 9.47 Å². The molecule has 0 fully saturated rings. The van der Waals surface area contributed by atoms with Crippen LogP contribution in [0.15, 0.2) is 18.2 Å². The van der Waals surface area contributed by atoms with Crippen molar-refractivity contribution in [3.05, 3.63) is 23.8 Å². The van der Waals surface area contributed by atoms with Crippen molar-refractivity contribution >= 4 is 10.0 Å². The summed E-state index contributed by atoms with van der Waals surface area (Å²) in [4.78, 5) is 0. The van der Waals surface area contributed by atoms with Gasteiger partial charge in [-0.1, -0.05) is 19.4 Å². The molecule has 0 aliphatic carbocycles. The van der Waals surface area contributed by atoms with Gasteiger partial charge in [0.15, 0.2) is 11.5 Å². The number of nitrogens with one attached hydrogen (secondary N) is 1. The predicted octanol–water partition coefficient (Wildman–Crippen LogP) is 2.24. The Morgan fingerprint density at radius 1 is 1.25 bits per heavy atom. The van der Waals surface area contributed by atoms with Crippen molar-refractivity contribution in [3.63, 3.8) is 0 Å². The summed E-state index contributed by atoms with van der Waals surface area (Å²) in [5.41, 5.74) is 0.870. The quantitative estimate of drug-likeness (QED) is 0.875. The highest BCUT2D eigenvalue weighted by Crippen LogP contribution is 2.32. The van der Waals surface area contributed by atoms with Gasteiger partial charge in [-0.25, -0.2) is 13.1 Å². The zero-order valence-electron chi connectivity index (χ0n) is 11.9. The van der Waals surface area contributed by atoms with Crippen LogP contribution in [0.2, 0.25) is 0 Å². The number of hydrogen-bond donors (Lipinski definition) is 1. The molecule has 1 aromatic carbocycles. The van der Waals surface area contributed by atoms with Crippen LogP contribution in [-0.2, 0) is 10.0 Å². The lowest BCUT2D eigenvalue weighted by Gasteiger charge is -2.21. The number of rotatable bonds is 6. The highest BCUT2D eigenvalue weighted by Gasteiger charge is 2.18. The first-order valence-electron chi connectivity index (χ1n) is 6.91. The van der Waals surface area contributed by atoms with E-state index in [1.165, 1.54) is 0 Å². The Bertz CT molecular complexity index is 556. The molecule has 1 aliphatic rings. The lowest BCUT2D eigenvalue weighted by atomic mass is 10.1. The van der Waals surface area contributed by atoms with Gasteiger partial charge in [-0.3, -0.25) is 0 Å². The molecule has 6 heteroatoms. The highest BCUT2D eigenvalue weighted by molar-refractivity contribution is 7.89. The molecule has 0 spiro atoms. The summed E-state index contributed by atoms with van der Waals surface area (Å²) >= 11 is 0. The summed E-state index contributed by atoms with van der Waals surface area (Å²) in [7, 11) is -3.23. The molecule has 0 amide bonds. The fraction of sp³-hybridized carbons (Fsp3) is 0.571. The van der Waals surface area contributed by atoms with Gasteiger partial charge in [0.2, 0.25) is 10.0 Å². The fourth-order valence-corrected chi connectivity index (χ4v) is 3.52. The van der Waals surface area contributed by atoms with Crippen LogP contribution < -0.4 is 14.2 Å². The van der Waals surface area contributed by atoms with E-state index in [1.54, 1.807) is 0 Å². The first kappa shape index (κ1) is 15.1. The Hall–Kier alpha value is -1.27. The molecule has 1 aliphatic heterocycles. The molecule has 112 valence electrons. The predicted molar refractivity (Wildman–Crippen MR) is 77.7 cm³/mol. The van der Waals surface area contributed by atoms with Gasteiger partial charge in [-0.2, -0.15) is 0 Å². The van der Waals surface area contributed by atoms with Crippen LogP contribution >= 0.6 is 0 Å². The summed E-state index contributed by atoms with van der Waals surface area (Å²) in [6, 6.07) is 5.23. The lowest BCUT2D eigenvalue weighted by molar-refractivity contribution is 0.171. The monoisotopic (exact) mass is 299 g/mol. The third-order valence-corrected chi connectivity index (χ3v) is 4.73. The fourth-order valence-electron chi connectivity index (χ4n) is 2.06. The van der Waals surface area contributed by atoms with Crippen molar-refractivity contribution in [2.45, 2.75) is 32.7 Å². The third kappa shape index (κ3) is 3.86. The number of sulfonamides is 1. The first-order valence-corrected chi connectivity index (χ1v) is 8.56. The Labute approximate surface area is 120 Å². The second-order valence-corrected chi connectivity index (χ2v) is 6.79. The van der Waals surface area contributed by atoms with Crippen LogP contribution in [0, 0.1) is 0 Å². The van der Waals surface area contributed by atoms with Crippen molar-refractivity contribution < 1.29 is 17.9 Å². The molecule has 0 radical (unpaired) electrons. The Morgan fingerprint density at radius 3 is 2.65 bits per heavy atom. The van der Waals surface area contributed by atoms with Crippen molar-refractivity contribution in [1.82, 2.24) is 4.72 Å². The average Bonchev–Trinajstić information content (AvgIpc) is 2.44. The third-order valence-electron chi connectivity index (χ3n) is 3.19. The maximum atomic E-state index is 11.9. The number of hydrogen-bond acceptors (Lipinski definition) is 4. The van der Waals surface area contributed by atoms with Crippen LogP contribution in [0.4, 0.5) is 0 Å². The van der Waals surface area contributed by atoms with Crippen LogP contribution in [-0.4, -0.2) is 27.4 Å². The van der Waals surface area contributed by atoms with E-state index in [2.05, 4.69) is 4.72 Å². The molecule has 0 saturated heterocycles. The molecule has 0 saturated carbocycles. The molecular weight excluding hydrogens is 278 g/mol. The zero-order chi connectivity index (χ0) is 14.6. The largest absolute Gasteiger partial charge is 0.486 e. The van der Waals surface area contributed by atoms with Crippen LogP contribution in [0.1, 0.15) is 38.3 Å². The normalized spacial score (nSPS) is 15.9. The summed E-state index contributed by atoms with van der Waals surface area (Å²) in [5, 5.41) is 0. The molecule has 20 heavy (non-hydrogen) atoms. The van der Waals surface area contributed by atoms with Gasteiger partial charge in [0.25, 0.3) is 0 Å². The minimum absolute atomic E-state index is 0.165. The molecule has 0 bridgehead atoms. The molecule has 0 unspecified atom stereocenters. The van der Waals surface area contributed by atoms with E-state index < -0.39 is 10.0 Å². The van der Waals surface area contributed by atoms with Crippen LogP contribution in [0.3, 0.4) is 0 Å². The minimum atomic E-state index is -3.23. The van der Waals surface area contributed by atoms with E-state index in [0.29, 0.717) is 31.1 Å². The first-order chi connectivity index (χ1) is 9.52. The Kier molecular flexibility index (Phi) is 4.88.